The Bertz CT molecular complexity index is 3840. The molecule has 1 aliphatic rings. The van der Waals surface area contributed by atoms with Crippen LogP contribution in [0.25, 0.3) is 0 Å². The minimum Gasteiger partial charge on any atom is -0.508 e. The number of thiazole rings is 1. The molecule has 1 unspecified atom stereocenters. The molecule has 3 aromatic rings. The SMILES string of the molecule is CCCC(=O)OCN(C(=O)[C@@H](NC(=O)[C@H]1CCCCCN1C)C(C)CC)[C@H](C[C@@H](OC(C)=O)c1nc(C(=O)N[C@@H](Cc2ccc(O)cc2)C[C@H](C)C(=O)NNC(=O)OCCSSC[C@H](C)NC(=O)[C@@H](Cc2ccccc2)NC(=O)[C@H](CC(=O)O)NC(=O)CC[C@@H](C)NC(=O)CC[C@H](NC(=O)N[C@@H](CCC(=O)O)C(=O)O)C(=O)O)cs1)C(C)C. The van der Waals surface area contributed by atoms with E-state index in [2.05, 4.69) is 47.7 Å². The van der Waals surface area contributed by atoms with Gasteiger partial charge in [-0.15, -0.1) is 11.3 Å². The number of carbonyl (C=O) groups excluding carboxylic acids is 12. The summed E-state index contributed by atoms with van der Waals surface area (Å²) in [5.41, 5.74) is 5.81. The molecule has 13 atom stereocenters. The zero-order valence-corrected chi connectivity index (χ0v) is 70.6. The number of phenols is 1. The summed E-state index contributed by atoms with van der Waals surface area (Å²) in [7, 11) is 4.48. The highest BCUT2D eigenvalue weighted by Gasteiger charge is 2.40. The average Bonchev–Trinajstić information content (AvgIpc) is 1.67. The number of carboxylic acids is 4. The fraction of sp³-hybridized carbons (Fsp3) is 0.603. The number of hydrogen-bond acceptors (Lipinski definition) is 25. The number of ether oxygens (including phenoxy) is 3. The van der Waals surface area contributed by atoms with Crippen LogP contribution in [0.1, 0.15) is 198 Å². The number of urea groups is 1. The number of benzene rings is 2. The number of hydrogen-bond donors (Lipinski definition) is 15. The van der Waals surface area contributed by atoms with Crippen LogP contribution in [-0.2, 0) is 89.4 Å². The Hall–Kier alpha value is -10.3. The van der Waals surface area contributed by atoms with Crippen LogP contribution in [0.5, 0.6) is 5.75 Å². The number of aromatic hydroxyl groups is 1. The maximum absolute atomic E-state index is 15.1. The van der Waals surface area contributed by atoms with Crippen LogP contribution < -0.4 is 53.4 Å². The van der Waals surface area contributed by atoms with Crippen LogP contribution in [0, 0.1) is 17.8 Å². The van der Waals surface area contributed by atoms with E-state index in [0.29, 0.717) is 36.1 Å². The van der Waals surface area contributed by atoms with E-state index in [0.717, 1.165) is 37.1 Å². The smallest absolute Gasteiger partial charge is 0.426 e. The number of carbonyl (C=O) groups is 16. The van der Waals surface area contributed by atoms with Crippen molar-refractivity contribution in [2.45, 2.75) is 244 Å². The van der Waals surface area contributed by atoms with Crippen LogP contribution in [0.15, 0.2) is 60.0 Å². The van der Waals surface area contributed by atoms with E-state index >= 15 is 4.79 Å². The second-order valence-electron chi connectivity index (χ2n) is 29.4. The number of likely N-dealkylation sites (N-methyl/N-ethyl adjacent to an activating group) is 1. The molecule has 0 bridgehead atoms. The molecule has 0 aliphatic carbocycles. The van der Waals surface area contributed by atoms with Gasteiger partial charge in [-0.1, -0.05) is 125 Å². The summed E-state index contributed by atoms with van der Waals surface area (Å²) in [6.45, 7) is 15.4. The number of hydrazine groups is 1. The summed E-state index contributed by atoms with van der Waals surface area (Å²) < 4.78 is 16.9. The normalized spacial score (nSPS) is 15.8. The van der Waals surface area contributed by atoms with Crippen molar-refractivity contribution < 1.29 is 116 Å². The molecule has 11 amide bonds. The fourth-order valence-corrected chi connectivity index (χ4v) is 15.4. The quantitative estimate of drug-likeness (QED) is 0.00858. The first-order valence-corrected chi connectivity index (χ1v) is 42.6. The average molecular weight is 1720 g/mol. The van der Waals surface area contributed by atoms with Crippen molar-refractivity contribution in [3.05, 3.63) is 81.8 Å². The number of aromatic nitrogens is 1. The van der Waals surface area contributed by atoms with E-state index in [9.17, 15) is 92.3 Å². The van der Waals surface area contributed by atoms with Gasteiger partial charge >= 0.3 is 47.9 Å². The molecule has 15 N–H and O–H groups in total. The number of amides is 11. The number of esters is 2. The number of aliphatic carboxylic acids is 4. The van der Waals surface area contributed by atoms with E-state index in [1.165, 1.54) is 57.8 Å². The van der Waals surface area contributed by atoms with Gasteiger partial charge < -0.3 is 87.2 Å². The van der Waals surface area contributed by atoms with Gasteiger partial charge in [-0.25, -0.2) is 29.6 Å². The predicted octanol–water partition coefficient (Wildman–Crippen LogP) is 5.24. The number of phenolic OH excluding ortho intramolecular Hbond substituents is 1. The lowest BCUT2D eigenvalue weighted by atomic mass is 9.92. The van der Waals surface area contributed by atoms with Gasteiger partial charge in [0.2, 0.25) is 41.4 Å². The number of rotatable bonds is 51. The Morgan fingerprint density at radius 2 is 1.27 bits per heavy atom. The minimum atomic E-state index is -1.67. The van der Waals surface area contributed by atoms with E-state index < -0.39 is 201 Å². The summed E-state index contributed by atoms with van der Waals surface area (Å²) in [6.07, 6.45) is -0.850. The molecule has 0 radical (unpaired) electrons. The molecule has 0 spiro atoms. The largest absolute Gasteiger partial charge is 0.508 e. The van der Waals surface area contributed by atoms with Crippen molar-refractivity contribution in [1.29, 1.82) is 0 Å². The standard InChI is InChI=1S/C78H115N13O24S3/c1-11-19-66(100)114-43-91(74(106)67(45(5)12-2)87-72(105)59-22-17-14-18-33-90(59)10)60(44(3)4)40-61(115-49(9)92)73-84-58(42-116-73)71(104)81-52(37-51-24-26-53(93)27-25-51)36-46(6)68(101)88-89-78(112)113-34-35-117-118-41-48(8)80-69(102)56(38-50-20-15-13-16-21-50)83-70(103)57(39-65(98)99)82-63(95)30-23-47(7)79-62(94)31-28-54(75(107)108)85-77(111)86-55(76(109)110)29-32-64(96)97/h13,15-16,20-21,24-27,42,44-48,52,54-57,59-61,67,93H,11-12,14,17-19,22-23,28-41,43H2,1-10H3,(H,79,94)(H,80,102)(H,81,104)(H,82,95)(H,83,103)(H,87,105)(H,88,101)(H,89,112)(H,96,97)(H,98,99)(H,107,108)(H,109,110)(H2,85,86,111)/t45?,46-,47+,48-,52+,54-,55-,56+,57-,59+,60+,61+,67-/m0/s1. The van der Waals surface area contributed by atoms with Gasteiger partial charge in [0.15, 0.2) is 12.8 Å². The number of nitrogens with one attached hydrogen (secondary N) is 10. The van der Waals surface area contributed by atoms with Crippen molar-refractivity contribution in [2.75, 3.05) is 38.4 Å². The van der Waals surface area contributed by atoms with Crippen LogP contribution in [-0.4, -0.2) is 234 Å². The molecule has 0 saturated carbocycles. The molecular weight excluding hydrogens is 1600 g/mol. The summed E-state index contributed by atoms with van der Waals surface area (Å²) in [6, 6.07) is 3.02. The lowest BCUT2D eigenvalue weighted by molar-refractivity contribution is -0.160. The second-order valence-corrected chi connectivity index (χ2v) is 32.9. The van der Waals surface area contributed by atoms with Crippen molar-refractivity contribution in [1.82, 2.24) is 68.2 Å². The highest BCUT2D eigenvalue weighted by atomic mass is 33.1. The Balaban J connectivity index is 1.32. The molecule has 2 heterocycles. The molecule has 2 aromatic carbocycles. The minimum absolute atomic E-state index is 0.00584. The predicted molar refractivity (Wildman–Crippen MR) is 435 cm³/mol. The maximum atomic E-state index is 15.1. The van der Waals surface area contributed by atoms with Crippen molar-refractivity contribution in [3.63, 3.8) is 0 Å². The Kier molecular flexibility index (Phi) is 44.5. The maximum Gasteiger partial charge on any atom is 0.426 e. The van der Waals surface area contributed by atoms with Crippen LogP contribution >= 0.6 is 32.9 Å². The lowest BCUT2D eigenvalue weighted by Crippen LogP contribution is -2.58. The van der Waals surface area contributed by atoms with Crippen LogP contribution in [0.4, 0.5) is 9.59 Å². The Labute approximate surface area is 697 Å². The third-order valence-electron chi connectivity index (χ3n) is 19.2. The molecule has 40 heteroatoms. The van der Waals surface area contributed by atoms with Crippen molar-refractivity contribution in [2.24, 2.45) is 17.8 Å². The van der Waals surface area contributed by atoms with E-state index in [4.69, 9.17) is 19.3 Å². The van der Waals surface area contributed by atoms with E-state index in [-0.39, 0.29) is 91.5 Å². The van der Waals surface area contributed by atoms with Gasteiger partial charge in [0.1, 0.15) is 53.3 Å². The fourth-order valence-electron chi connectivity index (χ4n) is 12.5. The first kappa shape index (κ1) is 100. The number of likely N-dealkylation sites (tertiary alicyclic amines) is 1. The number of carboxylic acid groups (broad SMARTS) is 4. The Morgan fingerprint density at radius 1 is 0.636 bits per heavy atom. The van der Waals surface area contributed by atoms with E-state index in [1.807, 2.05) is 57.2 Å². The summed E-state index contributed by atoms with van der Waals surface area (Å²) in [5, 5.41) is 69.7. The second kappa shape index (κ2) is 52.5. The summed E-state index contributed by atoms with van der Waals surface area (Å²) >= 11 is 1.03. The monoisotopic (exact) mass is 1710 g/mol. The lowest BCUT2D eigenvalue weighted by Gasteiger charge is -2.39. The van der Waals surface area contributed by atoms with Gasteiger partial charge in [-0.3, -0.25) is 67.9 Å². The first-order valence-electron chi connectivity index (χ1n) is 39.2. The third-order valence-corrected chi connectivity index (χ3v) is 22.6. The Morgan fingerprint density at radius 3 is 1.89 bits per heavy atom. The molecule has 4 rings (SSSR count). The highest BCUT2D eigenvalue weighted by molar-refractivity contribution is 8.76. The van der Waals surface area contributed by atoms with Gasteiger partial charge in [-0.05, 0) is 114 Å². The van der Waals surface area contributed by atoms with Gasteiger partial charge in [0.25, 0.3) is 5.91 Å². The molecule has 1 fully saturated rings. The van der Waals surface area contributed by atoms with Gasteiger partial charge in [0, 0.05) is 92.4 Å². The topological polar surface area (TPSA) is 542 Å². The van der Waals surface area contributed by atoms with Crippen LogP contribution in [0.3, 0.4) is 0 Å². The van der Waals surface area contributed by atoms with Gasteiger partial charge in [0.05, 0.1) is 12.5 Å². The summed E-state index contributed by atoms with van der Waals surface area (Å²) in [5.74, 6) is -13.4. The third kappa shape index (κ3) is 37.5. The van der Waals surface area contributed by atoms with Crippen molar-refractivity contribution in [3.8, 4) is 5.75 Å². The van der Waals surface area contributed by atoms with E-state index in [1.54, 1.807) is 56.3 Å². The molecular formula is C78H115N13O24S3. The molecule has 37 nitrogen and oxygen atoms in total. The summed E-state index contributed by atoms with van der Waals surface area (Å²) in [4.78, 5) is 216. The molecule has 1 saturated heterocycles. The number of nitrogens with zero attached hydrogens (tertiary/aromatic N) is 3. The van der Waals surface area contributed by atoms with Gasteiger partial charge in [-0.2, -0.15) is 0 Å². The molecule has 1 aliphatic heterocycles. The zero-order valence-electron chi connectivity index (χ0n) is 68.2. The molecule has 654 valence electrons. The van der Waals surface area contributed by atoms with Crippen molar-refractivity contribution >= 4 is 128 Å². The zero-order chi connectivity index (χ0) is 87.7. The highest BCUT2D eigenvalue weighted by Crippen LogP contribution is 2.33. The van der Waals surface area contributed by atoms with Crippen LogP contribution in [0.2, 0.25) is 0 Å². The molecule has 1 aromatic heterocycles. The first-order chi connectivity index (χ1) is 55.9. The molecule has 118 heavy (non-hydrogen) atoms.